The van der Waals surface area contributed by atoms with Gasteiger partial charge < -0.3 is 4.74 Å². The molecule has 0 saturated heterocycles. The molecule has 132 valence electrons. The molecule has 3 aromatic carbocycles. The molecule has 0 N–H and O–H groups in total. The first-order valence-corrected chi connectivity index (χ1v) is 8.52. The van der Waals surface area contributed by atoms with Crippen molar-refractivity contribution >= 4 is 17.1 Å². The van der Waals surface area contributed by atoms with Crippen LogP contribution < -0.4 is 10.3 Å². The quantitative estimate of drug-likeness (QED) is 0.521. The van der Waals surface area contributed by atoms with Crippen LogP contribution in [-0.2, 0) is 0 Å². The molecule has 0 bridgehead atoms. The van der Waals surface area contributed by atoms with Crippen molar-refractivity contribution in [2.45, 2.75) is 0 Å². The van der Waals surface area contributed by atoms with Crippen molar-refractivity contribution in [3.8, 4) is 17.1 Å². The first kappa shape index (κ1) is 16.7. The Balaban J connectivity index is 1.94. The van der Waals surface area contributed by atoms with Crippen LogP contribution in [0.15, 0.2) is 88.8 Å². The number of benzene rings is 3. The highest BCUT2D eigenvalue weighted by Gasteiger charge is 2.12. The first-order valence-electron chi connectivity index (χ1n) is 8.52. The van der Waals surface area contributed by atoms with E-state index in [4.69, 9.17) is 4.74 Å². The summed E-state index contributed by atoms with van der Waals surface area (Å²) in [4.78, 5) is 17.8. The van der Waals surface area contributed by atoms with E-state index < -0.39 is 0 Å². The zero-order valence-corrected chi connectivity index (χ0v) is 14.7. The minimum atomic E-state index is -0.217. The fraction of sp³-hybridized carbons (Fsp3) is 0.0455. The van der Waals surface area contributed by atoms with Gasteiger partial charge in [0.2, 0.25) is 0 Å². The largest absolute Gasteiger partial charge is 0.496 e. The van der Waals surface area contributed by atoms with Crippen molar-refractivity contribution < 1.29 is 4.74 Å². The third-order valence-electron chi connectivity index (χ3n) is 4.24. The fourth-order valence-electron chi connectivity index (χ4n) is 2.90. The van der Waals surface area contributed by atoms with Crippen molar-refractivity contribution in [2.24, 2.45) is 5.10 Å². The van der Waals surface area contributed by atoms with Crippen LogP contribution >= 0.6 is 0 Å². The normalized spacial score (nSPS) is 11.1. The van der Waals surface area contributed by atoms with Crippen LogP contribution in [0.3, 0.4) is 0 Å². The lowest BCUT2D eigenvalue weighted by atomic mass is 10.2. The van der Waals surface area contributed by atoms with Crippen LogP contribution in [0.4, 0.5) is 0 Å². The van der Waals surface area contributed by atoms with Crippen LogP contribution in [0.5, 0.6) is 5.75 Å². The van der Waals surface area contributed by atoms with Crippen LogP contribution in [0.2, 0.25) is 0 Å². The van der Waals surface area contributed by atoms with Gasteiger partial charge in [0.1, 0.15) is 5.75 Å². The number of ether oxygens (including phenoxy) is 1. The average molecular weight is 355 g/mol. The maximum absolute atomic E-state index is 13.1. The lowest BCUT2D eigenvalue weighted by Gasteiger charge is -2.09. The lowest BCUT2D eigenvalue weighted by molar-refractivity contribution is 0.414. The van der Waals surface area contributed by atoms with Crippen molar-refractivity contribution in [3.63, 3.8) is 0 Å². The number of hydrogen-bond donors (Lipinski definition) is 0. The fourth-order valence-corrected chi connectivity index (χ4v) is 2.90. The van der Waals surface area contributed by atoms with E-state index in [2.05, 4.69) is 10.1 Å². The van der Waals surface area contributed by atoms with Gasteiger partial charge in [0, 0.05) is 11.1 Å². The minimum Gasteiger partial charge on any atom is -0.496 e. The number of rotatable bonds is 4. The molecule has 4 rings (SSSR count). The van der Waals surface area contributed by atoms with Gasteiger partial charge in [-0.25, -0.2) is 4.98 Å². The second kappa shape index (κ2) is 7.25. The number of para-hydroxylation sites is 2. The molecular formula is C22H17N3O2. The van der Waals surface area contributed by atoms with Gasteiger partial charge in [0.25, 0.3) is 5.56 Å². The summed E-state index contributed by atoms with van der Waals surface area (Å²) in [5.74, 6) is 1.18. The van der Waals surface area contributed by atoms with Crippen molar-refractivity contribution in [2.75, 3.05) is 7.11 Å². The summed E-state index contributed by atoms with van der Waals surface area (Å²) >= 11 is 0. The second-order valence-corrected chi connectivity index (χ2v) is 5.92. The molecule has 0 radical (unpaired) electrons. The monoisotopic (exact) mass is 355 g/mol. The molecule has 0 aliphatic carbocycles. The third-order valence-corrected chi connectivity index (χ3v) is 4.24. The Morgan fingerprint density at radius 3 is 2.44 bits per heavy atom. The van der Waals surface area contributed by atoms with Gasteiger partial charge >= 0.3 is 0 Å². The average Bonchev–Trinajstić information content (AvgIpc) is 2.74. The highest BCUT2D eigenvalue weighted by molar-refractivity contribution is 5.84. The van der Waals surface area contributed by atoms with Gasteiger partial charge in [-0.3, -0.25) is 4.79 Å². The van der Waals surface area contributed by atoms with Crippen molar-refractivity contribution in [3.05, 3.63) is 94.8 Å². The molecule has 5 heteroatoms. The Bertz CT molecular complexity index is 1180. The predicted molar refractivity (Wildman–Crippen MR) is 107 cm³/mol. The van der Waals surface area contributed by atoms with Gasteiger partial charge in [-0.2, -0.15) is 9.78 Å². The molecule has 4 aromatic rings. The molecule has 0 spiro atoms. The summed E-state index contributed by atoms with van der Waals surface area (Å²) in [6.45, 7) is 0. The maximum atomic E-state index is 13.1. The molecule has 0 fully saturated rings. The summed E-state index contributed by atoms with van der Waals surface area (Å²) in [6, 6.07) is 24.3. The van der Waals surface area contributed by atoms with Gasteiger partial charge in [-0.15, -0.1) is 0 Å². The summed E-state index contributed by atoms with van der Waals surface area (Å²) in [5.41, 5.74) is 2.02. The van der Waals surface area contributed by atoms with Crippen LogP contribution in [0, 0.1) is 0 Å². The Hall–Kier alpha value is -3.73. The van der Waals surface area contributed by atoms with Crippen LogP contribution in [0.25, 0.3) is 22.3 Å². The summed E-state index contributed by atoms with van der Waals surface area (Å²) in [6.07, 6.45) is 1.61. The maximum Gasteiger partial charge on any atom is 0.282 e. The number of methoxy groups -OCH3 is 1. The molecule has 0 aliphatic rings. The standard InChI is InChI=1S/C22H17N3O2/c1-27-20-14-8-5-11-17(20)15-23-25-21(16-9-3-2-4-10-16)24-19-13-7-6-12-18(19)22(25)26/h2-15H,1H3/b23-15+. The summed E-state index contributed by atoms with van der Waals surface area (Å²) < 4.78 is 6.69. The molecule has 27 heavy (non-hydrogen) atoms. The van der Waals surface area contributed by atoms with E-state index in [1.807, 2.05) is 72.8 Å². The van der Waals surface area contributed by atoms with Gasteiger partial charge in [-0.1, -0.05) is 54.6 Å². The minimum absolute atomic E-state index is 0.217. The van der Waals surface area contributed by atoms with E-state index in [0.29, 0.717) is 22.5 Å². The van der Waals surface area contributed by atoms with E-state index in [0.717, 1.165) is 11.1 Å². The van der Waals surface area contributed by atoms with E-state index >= 15 is 0 Å². The number of hydrogen-bond acceptors (Lipinski definition) is 4. The van der Waals surface area contributed by atoms with E-state index in [1.54, 1.807) is 19.4 Å². The van der Waals surface area contributed by atoms with E-state index in [1.165, 1.54) is 4.68 Å². The lowest BCUT2D eigenvalue weighted by Crippen LogP contribution is -2.20. The van der Waals surface area contributed by atoms with Crippen LogP contribution in [0.1, 0.15) is 5.56 Å². The molecule has 1 heterocycles. The van der Waals surface area contributed by atoms with E-state index in [-0.39, 0.29) is 5.56 Å². The highest BCUT2D eigenvalue weighted by Crippen LogP contribution is 2.19. The Labute approximate surface area is 156 Å². The molecule has 0 amide bonds. The highest BCUT2D eigenvalue weighted by atomic mass is 16.5. The molecule has 0 unspecified atom stereocenters. The van der Waals surface area contributed by atoms with E-state index in [9.17, 15) is 4.79 Å². The molecule has 1 aromatic heterocycles. The molecule has 0 atom stereocenters. The summed E-state index contributed by atoms with van der Waals surface area (Å²) in [7, 11) is 1.60. The van der Waals surface area contributed by atoms with Crippen LogP contribution in [-0.4, -0.2) is 23.0 Å². The molecule has 0 aliphatic heterocycles. The van der Waals surface area contributed by atoms with Crippen molar-refractivity contribution in [1.82, 2.24) is 9.66 Å². The molecule has 0 saturated carbocycles. The second-order valence-electron chi connectivity index (χ2n) is 5.92. The zero-order valence-electron chi connectivity index (χ0n) is 14.7. The van der Waals surface area contributed by atoms with Gasteiger partial charge in [0.05, 0.1) is 24.2 Å². The van der Waals surface area contributed by atoms with Crippen molar-refractivity contribution in [1.29, 1.82) is 0 Å². The first-order chi connectivity index (χ1) is 13.3. The molecular weight excluding hydrogens is 338 g/mol. The Morgan fingerprint density at radius 2 is 1.63 bits per heavy atom. The zero-order chi connectivity index (χ0) is 18.6. The van der Waals surface area contributed by atoms with Gasteiger partial charge in [-0.05, 0) is 24.3 Å². The number of fused-ring (bicyclic) bond motifs is 1. The third kappa shape index (κ3) is 3.22. The summed E-state index contributed by atoms with van der Waals surface area (Å²) in [5, 5.41) is 4.97. The number of aromatic nitrogens is 2. The smallest absolute Gasteiger partial charge is 0.282 e. The predicted octanol–water partition coefficient (Wildman–Crippen LogP) is 3.95. The molecule has 5 nitrogen and oxygen atoms in total. The SMILES string of the molecule is COc1ccccc1/C=N/n1c(-c2ccccc2)nc2ccccc2c1=O. The Kier molecular flexibility index (Phi) is 4.49. The topological polar surface area (TPSA) is 56.5 Å². The number of nitrogens with zero attached hydrogens (tertiary/aromatic N) is 3. The Morgan fingerprint density at radius 1 is 0.926 bits per heavy atom. The van der Waals surface area contributed by atoms with Gasteiger partial charge in [0.15, 0.2) is 5.82 Å².